The van der Waals surface area contributed by atoms with Crippen LogP contribution in [0.2, 0.25) is 0 Å². The highest BCUT2D eigenvalue weighted by Gasteiger charge is 2.15. The fourth-order valence-electron chi connectivity index (χ4n) is 3.24. The van der Waals surface area contributed by atoms with Crippen LogP contribution in [-0.4, -0.2) is 43.9 Å². The van der Waals surface area contributed by atoms with E-state index in [1.807, 2.05) is 62.8 Å². The number of benzene rings is 1. The van der Waals surface area contributed by atoms with Crippen molar-refractivity contribution in [2.24, 2.45) is 13.0 Å². The van der Waals surface area contributed by atoms with Gasteiger partial charge in [0.15, 0.2) is 22.6 Å². The van der Waals surface area contributed by atoms with E-state index >= 15 is 0 Å². The molecule has 9 heteroatoms. The first kappa shape index (κ1) is 19.7. The molecule has 3 heterocycles. The second kappa shape index (κ2) is 8.02. The van der Waals surface area contributed by atoms with E-state index in [9.17, 15) is 4.79 Å². The number of rotatable bonds is 6. The van der Waals surface area contributed by atoms with Crippen molar-refractivity contribution in [3.63, 3.8) is 0 Å². The molecule has 0 radical (unpaired) electrons. The van der Waals surface area contributed by atoms with E-state index in [1.54, 1.807) is 10.8 Å². The van der Waals surface area contributed by atoms with Crippen molar-refractivity contribution in [2.75, 3.05) is 19.0 Å². The summed E-state index contributed by atoms with van der Waals surface area (Å²) in [5.74, 6) is 1.01. The van der Waals surface area contributed by atoms with Crippen molar-refractivity contribution in [1.82, 2.24) is 29.5 Å². The van der Waals surface area contributed by atoms with Gasteiger partial charge in [0.05, 0.1) is 18.6 Å². The van der Waals surface area contributed by atoms with E-state index in [0.717, 1.165) is 33.6 Å². The molecule has 0 saturated heterocycles. The van der Waals surface area contributed by atoms with Crippen LogP contribution in [0.25, 0.3) is 28.1 Å². The molecule has 1 aromatic carbocycles. The van der Waals surface area contributed by atoms with E-state index in [0.29, 0.717) is 24.9 Å². The Morgan fingerprint density at radius 3 is 2.87 bits per heavy atom. The lowest BCUT2D eigenvalue weighted by Gasteiger charge is -2.09. The Hall–Kier alpha value is -3.62. The number of imidazole rings is 1. The summed E-state index contributed by atoms with van der Waals surface area (Å²) in [7, 11) is 3.76. The summed E-state index contributed by atoms with van der Waals surface area (Å²) in [5, 5.41) is 10.6. The van der Waals surface area contributed by atoms with Crippen molar-refractivity contribution in [3.05, 3.63) is 42.2 Å². The van der Waals surface area contributed by atoms with Crippen molar-refractivity contribution < 1.29 is 9.53 Å². The molecule has 0 aliphatic rings. The van der Waals surface area contributed by atoms with Gasteiger partial charge in [0, 0.05) is 32.3 Å². The summed E-state index contributed by atoms with van der Waals surface area (Å²) in [5.41, 5.74) is 5.05. The molecule has 0 fully saturated rings. The van der Waals surface area contributed by atoms with Crippen LogP contribution in [-0.2, 0) is 18.3 Å². The summed E-state index contributed by atoms with van der Waals surface area (Å²) in [6, 6.07) is 9.84. The van der Waals surface area contributed by atoms with Gasteiger partial charge in [0.25, 0.3) is 0 Å². The molecule has 156 valence electrons. The first-order chi connectivity index (χ1) is 14.5. The lowest BCUT2D eigenvalue weighted by atomic mass is 10.1. The van der Waals surface area contributed by atoms with Crippen LogP contribution in [0.1, 0.15) is 19.4 Å². The third-order valence-electron chi connectivity index (χ3n) is 4.69. The zero-order valence-electron chi connectivity index (χ0n) is 17.5. The third kappa shape index (κ3) is 3.78. The van der Waals surface area contributed by atoms with Gasteiger partial charge in [-0.2, -0.15) is 9.61 Å². The van der Waals surface area contributed by atoms with Crippen LogP contribution in [0.5, 0.6) is 0 Å². The summed E-state index contributed by atoms with van der Waals surface area (Å²) in [4.78, 5) is 20.9. The molecule has 0 aliphatic heterocycles. The minimum Gasteiger partial charge on any atom is -0.449 e. The number of carbonyl (C=O) groups excluding carboxylic acids is 1. The van der Waals surface area contributed by atoms with Crippen LogP contribution < -0.4 is 10.6 Å². The van der Waals surface area contributed by atoms with E-state index in [4.69, 9.17) is 9.84 Å². The van der Waals surface area contributed by atoms with Crippen molar-refractivity contribution in [3.8, 4) is 11.3 Å². The normalized spacial score (nSPS) is 11.4. The molecule has 0 spiro atoms. The first-order valence-corrected chi connectivity index (χ1v) is 9.84. The topological polar surface area (TPSA) is 98.4 Å². The van der Waals surface area contributed by atoms with E-state index in [2.05, 4.69) is 20.6 Å². The van der Waals surface area contributed by atoms with Crippen LogP contribution in [0, 0.1) is 5.92 Å². The Morgan fingerprint density at radius 1 is 1.27 bits per heavy atom. The maximum absolute atomic E-state index is 11.8. The zero-order chi connectivity index (χ0) is 21.3. The molecule has 4 rings (SSSR count). The molecule has 30 heavy (non-hydrogen) atoms. The first-order valence-electron chi connectivity index (χ1n) is 9.84. The number of aromatic nitrogens is 5. The largest absolute Gasteiger partial charge is 0.449 e. The Bertz CT molecular complexity index is 1210. The molecular formula is C21H25N7O2. The predicted molar refractivity (Wildman–Crippen MR) is 115 cm³/mol. The van der Waals surface area contributed by atoms with Gasteiger partial charge >= 0.3 is 6.09 Å². The summed E-state index contributed by atoms with van der Waals surface area (Å²) >= 11 is 0. The summed E-state index contributed by atoms with van der Waals surface area (Å²) in [6.07, 6.45) is 1.34. The number of fused-ring (bicyclic) bond motifs is 3. The summed E-state index contributed by atoms with van der Waals surface area (Å²) in [6.45, 7) is 4.78. The number of nitrogens with zero attached hydrogens (tertiary/aromatic N) is 5. The number of alkyl carbamates (subject to hydrolysis) is 1. The molecule has 1 amide bonds. The zero-order valence-corrected chi connectivity index (χ0v) is 17.5. The summed E-state index contributed by atoms with van der Waals surface area (Å²) < 4.78 is 8.88. The maximum Gasteiger partial charge on any atom is 0.407 e. The van der Waals surface area contributed by atoms with E-state index in [-0.39, 0.29) is 0 Å². The number of hydrogen-bond donors (Lipinski definition) is 2. The second-order valence-electron chi connectivity index (χ2n) is 7.58. The predicted octanol–water partition coefficient (Wildman–Crippen LogP) is 3.21. The van der Waals surface area contributed by atoms with Crippen molar-refractivity contribution >= 4 is 28.7 Å². The molecular weight excluding hydrogens is 382 g/mol. The molecule has 0 saturated carbocycles. The van der Waals surface area contributed by atoms with Gasteiger partial charge in [-0.1, -0.05) is 32.0 Å². The highest BCUT2D eigenvalue weighted by molar-refractivity contribution is 5.86. The standard InChI is InChI=1S/C21H25N7O2/c1-13(2)11-30-21(29)23-10-14-6-5-7-15(8-14)16-9-17-25-19(22-3)18-20(28(17)26-16)27(4)12-24-18/h5-9,12-13H,10-11H2,1-4H3,(H,22,25)(H,23,29). The Kier molecular flexibility index (Phi) is 5.26. The van der Waals surface area contributed by atoms with Crippen LogP contribution in [0.3, 0.4) is 0 Å². The minimum absolute atomic E-state index is 0.303. The lowest BCUT2D eigenvalue weighted by Crippen LogP contribution is -2.25. The number of amides is 1. The van der Waals surface area contributed by atoms with Gasteiger partial charge in [-0.3, -0.25) is 0 Å². The van der Waals surface area contributed by atoms with Gasteiger partial charge in [0.1, 0.15) is 0 Å². The average molecular weight is 407 g/mol. The average Bonchev–Trinajstić information content (AvgIpc) is 3.33. The molecule has 9 nitrogen and oxygen atoms in total. The van der Waals surface area contributed by atoms with Gasteiger partial charge in [-0.25, -0.2) is 14.8 Å². The number of ether oxygens (including phenoxy) is 1. The smallest absolute Gasteiger partial charge is 0.407 e. The number of aryl methyl sites for hydroxylation is 1. The lowest BCUT2D eigenvalue weighted by molar-refractivity contribution is 0.132. The fourth-order valence-corrected chi connectivity index (χ4v) is 3.24. The van der Waals surface area contributed by atoms with Gasteiger partial charge in [0.2, 0.25) is 0 Å². The molecule has 0 unspecified atom stereocenters. The molecule has 3 aromatic heterocycles. The van der Waals surface area contributed by atoms with Crippen LogP contribution in [0.4, 0.5) is 10.6 Å². The van der Waals surface area contributed by atoms with Crippen LogP contribution >= 0.6 is 0 Å². The molecule has 0 atom stereocenters. The Morgan fingerprint density at radius 2 is 2.10 bits per heavy atom. The SMILES string of the molecule is CNc1nc2cc(-c3cccc(CNC(=O)OCC(C)C)c3)nn2c2c1ncn2C. The molecule has 0 aliphatic carbocycles. The minimum atomic E-state index is -0.413. The van der Waals surface area contributed by atoms with Gasteiger partial charge in [-0.15, -0.1) is 0 Å². The number of carbonyl (C=O) groups is 1. The molecule has 4 aromatic rings. The van der Waals surface area contributed by atoms with Crippen molar-refractivity contribution in [2.45, 2.75) is 20.4 Å². The fraction of sp³-hybridized carbons (Fsp3) is 0.333. The van der Waals surface area contributed by atoms with E-state index in [1.165, 1.54) is 0 Å². The third-order valence-corrected chi connectivity index (χ3v) is 4.69. The number of anilines is 1. The van der Waals surface area contributed by atoms with Gasteiger partial charge < -0.3 is 19.9 Å². The van der Waals surface area contributed by atoms with E-state index < -0.39 is 6.09 Å². The van der Waals surface area contributed by atoms with Gasteiger partial charge in [-0.05, 0) is 17.5 Å². The molecule has 0 bridgehead atoms. The molecule has 2 N–H and O–H groups in total. The Labute approximate surface area is 174 Å². The van der Waals surface area contributed by atoms with Crippen molar-refractivity contribution in [1.29, 1.82) is 0 Å². The second-order valence-corrected chi connectivity index (χ2v) is 7.58. The maximum atomic E-state index is 11.8. The van der Waals surface area contributed by atoms with Crippen LogP contribution in [0.15, 0.2) is 36.7 Å². The quantitative estimate of drug-likeness (QED) is 0.509. The monoisotopic (exact) mass is 407 g/mol. The number of nitrogens with one attached hydrogen (secondary N) is 2. The number of hydrogen-bond acceptors (Lipinski definition) is 6. The highest BCUT2D eigenvalue weighted by Crippen LogP contribution is 2.25. The highest BCUT2D eigenvalue weighted by atomic mass is 16.5. The Balaban J connectivity index is 1.61.